The third kappa shape index (κ3) is 4.97. The number of hydrogen-bond donors (Lipinski definition) is 2. The molecule has 1 aromatic rings. The van der Waals surface area contributed by atoms with Crippen molar-refractivity contribution in [2.45, 2.75) is 26.1 Å². The van der Waals surface area contributed by atoms with E-state index in [4.69, 9.17) is 0 Å². The highest BCUT2D eigenvalue weighted by molar-refractivity contribution is 7.10. The first-order valence-corrected chi connectivity index (χ1v) is 6.61. The molecule has 20 heavy (non-hydrogen) atoms. The van der Waals surface area contributed by atoms with E-state index in [-0.39, 0.29) is 12.5 Å². The third-order valence-corrected chi connectivity index (χ3v) is 3.28. The second-order valence-electron chi connectivity index (χ2n) is 4.23. The van der Waals surface area contributed by atoms with Crippen molar-refractivity contribution in [1.29, 1.82) is 0 Å². The molecule has 9 heteroatoms. The maximum atomic E-state index is 12.0. The standard InChI is InChI=1S/C11H16F3N3O2S/c1-6(4-19-5-11(12,13)14)16-9(18)8-7(2)17-20-10(8)15-3/h6,15H,4-5H2,1-3H3,(H,16,18)/t6-/m0/s1. The van der Waals surface area contributed by atoms with E-state index in [2.05, 4.69) is 19.7 Å². The Kier molecular flexibility index (Phi) is 5.75. The van der Waals surface area contributed by atoms with Crippen LogP contribution in [0.4, 0.5) is 18.2 Å². The smallest absolute Gasteiger partial charge is 0.378 e. The number of hydrogen-bond acceptors (Lipinski definition) is 5. The van der Waals surface area contributed by atoms with Crippen LogP contribution in [0, 0.1) is 6.92 Å². The molecule has 5 nitrogen and oxygen atoms in total. The number of aromatic nitrogens is 1. The Balaban J connectivity index is 2.51. The Morgan fingerprint density at radius 1 is 1.50 bits per heavy atom. The van der Waals surface area contributed by atoms with Crippen LogP contribution in [0.3, 0.4) is 0 Å². The summed E-state index contributed by atoms with van der Waals surface area (Å²) in [7, 11) is 1.67. The summed E-state index contributed by atoms with van der Waals surface area (Å²) >= 11 is 1.15. The number of alkyl halides is 3. The van der Waals surface area contributed by atoms with Crippen LogP contribution in [0.5, 0.6) is 0 Å². The van der Waals surface area contributed by atoms with E-state index in [9.17, 15) is 18.0 Å². The first kappa shape index (κ1) is 16.7. The normalized spacial score (nSPS) is 13.1. The molecule has 1 heterocycles. The maximum Gasteiger partial charge on any atom is 0.411 e. The molecule has 0 fully saturated rings. The number of amides is 1. The molecular formula is C11H16F3N3O2S. The monoisotopic (exact) mass is 311 g/mol. The van der Waals surface area contributed by atoms with E-state index >= 15 is 0 Å². The largest absolute Gasteiger partial charge is 0.411 e. The van der Waals surface area contributed by atoms with Gasteiger partial charge in [-0.1, -0.05) is 0 Å². The Morgan fingerprint density at radius 3 is 2.70 bits per heavy atom. The summed E-state index contributed by atoms with van der Waals surface area (Å²) in [4.78, 5) is 12.0. The maximum absolute atomic E-state index is 12.0. The number of rotatable bonds is 6. The summed E-state index contributed by atoms with van der Waals surface area (Å²) in [5, 5.41) is 6.04. The number of ether oxygens (including phenoxy) is 1. The molecule has 1 amide bonds. The number of carbonyl (C=O) groups is 1. The SMILES string of the molecule is CNc1snc(C)c1C(=O)N[C@@H](C)COCC(F)(F)F. The highest BCUT2D eigenvalue weighted by Crippen LogP contribution is 2.23. The van der Waals surface area contributed by atoms with Crippen LogP contribution in [0.1, 0.15) is 23.0 Å². The molecule has 0 unspecified atom stereocenters. The van der Waals surface area contributed by atoms with Gasteiger partial charge in [0.2, 0.25) is 0 Å². The minimum absolute atomic E-state index is 0.212. The van der Waals surface area contributed by atoms with Crippen molar-refractivity contribution in [1.82, 2.24) is 9.69 Å². The van der Waals surface area contributed by atoms with Crippen molar-refractivity contribution in [3.63, 3.8) is 0 Å². The Labute approximate surface area is 118 Å². The number of anilines is 1. The molecule has 1 atom stereocenters. The zero-order valence-electron chi connectivity index (χ0n) is 11.3. The van der Waals surface area contributed by atoms with Gasteiger partial charge in [-0.15, -0.1) is 0 Å². The van der Waals surface area contributed by atoms with Gasteiger partial charge < -0.3 is 15.4 Å². The van der Waals surface area contributed by atoms with Gasteiger partial charge in [0.15, 0.2) is 0 Å². The fourth-order valence-corrected chi connectivity index (χ4v) is 2.24. The van der Waals surface area contributed by atoms with Crippen LogP contribution in [0.25, 0.3) is 0 Å². The van der Waals surface area contributed by atoms with Crippen molar-refractivity contribution in [2.75, 3.05) is 25.6 Å². The van der Waals surface area contributed by atoms with E-state index in [1.165, 1.54) is 0 Å². The minimum Gasteiger partial charge on any atom is -0.378 e. The van der Waals surface area contributed by atoms with Gasteiger partial charge in [0.25, 0.3) is 5.91 Å². The molecule has 0 aliphatic rings. The molecule has 0 spiro atoms. The van der Waals surface area contributed by atoms with Crippen LogP contribution < -0.4 is 10.6 Å². The van der Waals surface area contributed by atoms with E-state index < -0.39 is 18.8 Å². The summed E-state index contributed by atoms with van der Waals surface area (Å²) in [5.74, 6) is -0.385. The van der Waals surface area contributed by atoms with Gasteiger partial charge in [-0.05, 0) is 25.4 Å². The number of nitrogens with one attached hydrogen (secondary N) is 2. The Morgan fingerprint density at radius 2 is 2.15 bits per heavy atom. The van der Waals surface area contributed by atoms with Gasteiger partial charge in [0.1, 0.15) is 11.6 Å². The zero-order valence-corrected chi connectivity index (χ0v) is 12.1. The van der Waals surface area contributed by atoms with Gasteiger partial charge >= 0.3 is 6.18 Å². The second kappa shape index (κ2) is 6.89. The average molecular weight is 311 g/mol. The molecule has 0 aliphatic heterocycles. The van der Waals surface area contributed by atoms with Crippen molar-refractivity contribution in [3.8, 4) is 0 Å². The lowest BCUT2D eigenvalue weighted by Crippen LogP contribution is -2.37. The molecule has 1 rings (SSSR count). The molecule has 0 aromatic carbocycles. The summed E-state index contributed by atoms with van der Waals surface area (Å²) < 4.78 is 44.3. The van der Waals surface area contributed by atoms with Crippen molar-refractivity contribution >= 4 is 22.4 Å². The summed E-state index contributed by atoms with van der Waals surface area (Å²) in [6, 6.07) is -0.533. The van der Waals surface area contributed by atoms with E-state index in [0.717, 1.165) is 11.5 Å². The Bertz CT molecular complexity index is 462. The second-order valence-corrected chi connectivity index (χ2v) is 5.00. The van der Waals surface area contributed by atoms with E-state index in [1.54, 1.807) is 20.9 Å². The first-order valence-electron chi connectivity index (χ1n) is 5.84. The summed E-state index contributed by atoms with van der Waals surface area (Å²) in [6.45, 7) is 1.73. The lowest BCUT2D eigenvalue weighted by atomic mass is 10.2. The molecule has 0 saturated heterocycles. The predicted octanol–water partition coefficient (Wildman–Crippen LogP) is 2.19. The molecule has 1 aromatic heterocycles. The lowest BCUT2D eigenvalue weighted by Gasteiger charge is -2.15. The van der Waals surface area contributed by atoms with Gasteiger partial charge in [-0.3, -0.25) is 4.79 Å². The fraction of sp³-hybridized carbons (Fsp3) is 0.636. The molecule has 0 saturated carbocycles. The zero-order chi connectivity index (χ0) is 15.3. The topological polar surface area (TPSA) is 63.2 Å². The number of aryl methyl sites for hydroxylation is 1. The van der Waals surface area contributed by atoms with Gasteiger partial charge in [0, 0.05) is 13.1 Å². The number of carbonyl (C=O) groups excluding carboxylic acids is 1. The highest BCUT2D eigenvalue weighted by Gasteiger charge is 2.28. The summed E-state index contributed by atoms with van der Waals surface area (Å²) in [6.07, 6.45) is -4.36. The predicted molar refractivity (Wildman–Crippen MR) is 70.2 cm³/mol. The molecule has 0 radical (unpaired) electrons. The van der Waals surface area contributed by atoms with Crippen LogP contribution in [-0.4, -0.2) is 42.8 Å². The number of nitrogens with zero attached hydrogens (tertiary/aromatic N) is 1. The van der Waals surface area contributed by atoms with E-state index in [0.29, 0.717) is 16.3 Å². The fourth-order valence-electron chi connectivity index (χ4n) is 1.50. The van der Waals surface area contributed by atoms with Crippen molar-refractivity contribution < 1.29 is 22.7 Å². The van der Waals surface area contributed by atoms with E-state index in [1.807, 2.05) is 0 Å². The highest BCUT2D eigenvalue weighted by atomic mass is 32.1. The van der Waals surface area contributed by atoms with Crippen LogP contribution >= 0.6 is 11.5 Å². The molecular weight excluding hydrogens is 295 g/mol. The lowest BCUT2D eigenvalue weighted by molar-refractivity contribution is -0.174. The minimum atomic E-state index is -4.36. The molecule has 0 aliphatic carbocycles. The van der Waals surface area contributed by atoms with Crippen molar-refractivity contribution in [3.05, 3.63) is 11.3 Å². The molecule has 2 N–H and O–H groups in total. The van der Waals surface area contributed by atoms with Gasteiger partial charge in [-0.25, -0.2) is 0 Å². The first-order chi connectivity index (χ1) is 9.24. The third-order valence-electron chi connectivity index (χ3n) is 2.33. The van der Waals surface area contributed by atoms with Crippen LogP contribution in [0.2, 0.25) is 0 Å². The van der Waals surface area contributed by atoms with Gasteiger partial charge in [0.05, 0.1) is 17.9 Å². The quantitative estimate of drug-likeness (QED) is 0.845. The number of halogens is 3. The summed E-state index contributed by atoms with van der Waals surface area (Å²) in [5.41, 5.74) is 0.973. The molecule has 0 bridgehead atoms. The Hall–Kier alpha value is -1.35. The van der Waals surface area contributed by atoms with Crippen LogP contribution in [-0.2, 0) is 4.74 Å². The van der Waals surface area contributed by atoms with Gasteiger partial charge in [-0.2, -0.15) is 17.5 Å². The average Bonchev–Trinajstić information content (AvgIpc) is 2.68. The molecule has 114 valence electrons. The van der Waals surface area contributed by atoms with Crippen molar-refractivity contribution in [2.24, 2.45) is 0 Å². The van der Waals surface area contributed by atoms with Crippen LogP contribution in [0.15, 0.2) is 0 Å².